The molecule has 0 amide bonds. The van der Waals surface area contributed by atoms with Gasteiger partial charge < -0.3 is 9.47 Å². The number of aliphatic carboxylic acids is 2. The van der Waals surface area contributed by atoms with Crippen molar-refractivity contribution < 1.29 is 186 Å². The molecule has 6 saturated carbocycles. The molecule has 0 saturated heterocycles. The molecule has 11 aliphatic carbocycles. The number of rotatable bonds is 33. The predicted octanol–water partition coefficient (Wildman–Crippen LogP) is 2.86. The van der Waals surface area contributed by atoms with Crippen LogP contribution in [0.3, 0.4) is 0 Å². The van der Waals surface area contributed by atoms with Gasteiger partial charge in [0.1, 0.15) is 12.2 Å². The van der Waals surface area contributed by atoms with Gasteiger partial charge in [0.25, 0.3) is 0 Å². The van der Waals surface area contributed by atoms with Gasteiger partial charge in [-0.1, -0.05) is 54.4 Å². The number of esters is 2. The molecule has 0 aromatic heterocycles. The fourth-order valence-electron chi connectivity index (χ4n) is 20.4. The number of carbonyl (C=O) groups is 9. The molecular weight excluding hydrogens is 2190 g/mol. The van der Waals surface area contributed by atoms with Crippen LogP contribution in [0, 0.1) is 148 Å². The SMILES string of the molecule is CC(C)[C@H]1CC[C@H](C)C[C@@H]1OC(=O)/C=C/C(=O)O[C@@H]1C[C@H](C)CC[C@H]1C(C)C.C[C@@H]1C2C=CC(C2CO[I-]C(=O)c2ccccc2)[C@H]1C.C[C@@H]1C2C=CC(C2CO[I-]C(=O)c2ccccc2)[C@H]1C.N[C@@H]1C2C=CC(C2CO[I-]C(=O)c2ccccc2)[C@H]1N.O=C([I-]OCC1C2C=CC1[C@@H](C(=O)O)[C@@H]2C(=O)O)c1ccccc1.O=C([I-]OCC1C=CC=C1)c1ccccc1. The van der Waals surface area contributed by atoms with E-state index in [4.69, 9.17) is 36.3 Å². The van der Waals surface area contributed by atoms with E-state index in [0.29, 0.717) is 113 Å². The molecule has 11 aliphatic rings. The van der Waals surface area contributed by atoms with Crippen LogP contribution in [0.2, 0.25) is 0 Å². The molecule has 0 spiro atoms. The maximum atomic E-state index is 12.3. The molecule has 8 unspecified atom stereocenters. The van der Waals surface area contributed by atoms with Gasteiger partial charge in [0, 0.05) is 12.2 Å². The number of hydrogen-bond donors (Lipinski definition) is 4. The zero-order chi connectivity index (χ0) is 91.7. The maximum absolute atomic E-state index is 12.3. The number of fused-ring (bicyclic) bond motifs is 8. The first kappa shape index (κ1) is 102. The summed E-state index contributed by atoms with van der Waals surface area (Å²) < 4.78 is 40.5. The minimum absolute atomic E-state index is 0.0293. The van der Waals surface area contributed by atoms with Gasteiger partial charge in [0.05, 0.1) is 0 Å². The number of halogens is 5. The van der Waals surface area contributed by atoms with E-state index in [9.17, 15) is 53.4 Å². The number of allylic oxidation sites excluding steroid dienone is 8. The number of carboxylic acids is 2. The van der Waals surface area contributed by atoms with Crippen molar-refractivity contribution in [1.82, 2.24) is 0 Å². The summed E-state index contributed by atoms with van der Waals surface area (Å²) in [6.07, 6.45) is 34.3. The topological polar surface area (TPSA) is 311 Å². The zero-order valence-corrected chi connectivity index (χ0v) is 85.3. The third-order valence-electron chi connectivity index (χ3n) is 27.9. The van der Waals surface area contributed by atoms with Gasteiger partial charge in [-0.25, -0.2) is 9.59 Å². The fourth-order valence-corrected chi connectivity index (χ4v) is 27.9. The number of ether oxygens (including phenoxy) is 2. The van der Waals surface area contributed by atoms with Crippen LogP contribution < -0.4 is 120 Å². The van der Waals surface area contributed by atoms with Crippen LogP contribution in [-0.4, -0.2) is 110 Å². The fraction of sp³-hybridized carbons (Fsp3) is 0.485. The van der Waals surface area contributed by atoms with Crippen molar-refractivity contribution in [3.63, 3.8) is 0 Å². The van der Waals surface area contributed by atoms with E-state index < -0.39 is 144 Å². The van der Waals surface area contributed by atoms with Gasteiger partial charge in [-0.3, -0.25) is 0 Å². The number of nitrogens with two attached hydrogens (primary N) is 2. The molecule has 128 heavy (non-hydrogen) atoms. The summed E-state index contributed by atoms with van der Waals surface area (Å²) in [5.74, 6) is 5.33. The van der Waals surface area contributed by atoms with Crippen LogP contribution in [0.15, 0.2) is 237 Å². The molecule has 6 N–H and O–H groups in total. The number of carbonyl (C=O) groups excluding carboxylic acids is 7. The normalized spacial score (nSPS) is 31.3. The Morgan fingerprint density at radius 3 is 0.852 bits per heavy atom. The van der Waals surface area contributed by atoms with Gasteiger partial charge >= 0.3 is 659 Å². The van der Waals surface area contributed by atoms with Crippen LogP contribution in [-0.2, 0) is 44.0 Å². The third-order valence-corrected chi connectivity index (χ3v) is 36.4. The van der Waals surface area contributed by atoms with E-state index in [1.54, 1.807) is 36.4 Å². The van der Waals surface area contributed by atoms with Crippen molar-refractivity contribution in [2.75, 3.05) is 33.0 Å². The Balaban J connectivity index is 0.000000150. The molecule has 5 aromatic carbocycles. The van der Waals surface area contributed by atoms with Crippen molar-refractivity contribution in [2.24, 2.45) is 159 Å². The molecule has 6 fully saturated rings. The van der Waals surface area contributed by atoms with Crippen molar-refractivity contribution >= 4 is 42.8 Å². The first-order valence-electron chi connectivity index (χ1n) is 45.0. The Kier molecular flexibility index (Phi) is 40.7. The Labute approximate surface area is 810 Å². The van der Waals surface area contributed by atoms with Crippen molar-refractivity contribution in [2.45, 2.75) is 132 Å². The Morgan fingerprint density at radius 2 is 0.586 bits per heavy atom. The van der Waals surface area contributed by atoms with Crippen LogP contribution in [0.25, 0.3) is 0 Å². The van der Waals surface area contributed by atoms with Crippen LogP contribution in [0.1, 0.15) is 160 Å². The van der Waals surface area contributed by atoms with E-state index in [0.717, 1.165) is 84.8 Å². The second kappa shape index (κ2) is 50.8. The first-order chi connectivity index (χ1) is 61.6. The summed E-state index contributed by atoms with van der Waals surface area (Å²) in [5, 5.41) is 18.7. The third kappa shape index (κ3) is 28.0. The van der Waals surface area contributed by atoms with Gasteiger partial charge in [-0.15, -0.1) is 0 Å². The van der Waals surface area contributed by atoms with E-state index >= 15 is 0 Å². The molecule has 20 nitrogen and oxygen atoms in total. The second-order valence-electron chi connectivity index (χ2n) is 36.5. The molecule has 0 heterocycles. The van der Waals surface area contributed by atoms with E-state index in [1.165, 1.54) is 25.0 Å². The van der Waals surface area contributed by atoms with Crippen LogP contribution in [0.5, 0.6) is 0 Å². The van der Waals surface area contributed by atoms with E-state index in [-0.39, 0.29) is 67.6 Å². The van der Waals surface area contributed by atoms with Crippen molar-refractivity contribution in [3.8, 4) is 0 Å². The molecule has 0 radical (unpaired) electrons. The van der Waals surface area contributed by atoms with Gasteiger partial charge in [-0.05, 0) is 61.2 Å². The van der Waals surface area contributed by atoms with Crippen molar-refractivity contribution in [3.05, 3.63) is 265 Å². The van der Waals surface area contributed by atoms with Crippen LogP contribution in [0.4, 0.5) is 0 Å². The monoisotopic (exact) mass is 2310 g/mol. The summed E-state index contributed by atoms with van der Waals surface area (Å²) in [5.41, 5.74) is 15.8. The molecule has 22 atom stereocenters. The van der Waals surface area contributed by atoms with Gasteiger partial charge in [0.15, 0.2) is 0 Å². The number of carboxylic acid groups (broad SMARTS) is 2. The zero-order valence-electron chi connectivity index (χ0n) is 74.5. The first-order valence-corrected chi connectivity index (χ1v) is 54.8. The Bertz CT molecular complexity index is 4330. The summed E-state index contributed by atoms with van der Waals surface area (Å²) in [7, 11) is 0. The molecule has 25 heteroatoms. The number of benzene rings is 5. The predicted molar refractivity (Wildman–Crippen MR) is 470 cm³/mol. The summed E-state index contributed by atoms with van der Waals surface area (Å²) in [6.45, 7) is 25.5. The molecule has 5 aromatic rings. The molecule has 696 valence electrons. The average molecular weight is 2310 g/mol. The Hall–Kier alpha value is -6.12. The molecule has 0 aliphatic heterocycles. The quantitative estimate of drug-likeness (QED) is 0.0154. The minimum atomic E-state index is -1.17. The number of hydrogen-bond acceptors (Lipinski definition) is 18. The van der Waals surface area contributed by atoms with Gasteiger partial charge in [-0.2, -0.15) is 0 Å². The summed E-state index contributed by atoms with van der Waals surface area (Å²) >= 11 is -4.62. The second-order valence-corrected chi connectivity index (χ2v) is 46.7. The molecule has 16 rings (SSSR count). The van der Waals surface area contributed by atoms with E-state index in [1.807, 2.05) is 140 Å². The average Bonchev–Trinajstić information content (AvgIpc) is 1.57. The molecular formula is C103H126I5N2O18-5. The standard InChI is InChI=1S/C24H40O4.C17H16IO6.2C17H20IO2.C15H18IN2O2.C13H12IO2/c1-15(2)19-9-7-17(5)13-21(19)27-23(25)11-12-24(26)28-22-14-18(6)8-10-20(22)16(3)4;19-15(9-4-2-1-3-5-9)18-24-8-12-10-6-7-11(12)14(17(22)23)13(10)16(20)21;2*1-11-12(2)15-9-8-14(11)16(15)10-20-18-17(19)13-6-4-3-5-7-13;17-13-10-6-7-11(14(13)18)12(10)8-20-16-15(19)9-4-2-1-3-5-9;15-13(12-8-2-1-3-9-12)14-16-10-11-6-4-5-7-11/h11-12,15-22H,7-10,13-14H2,1-6H3;1-7,10-14H,8H2,(H,20,21)(H,22,23);2*3-9,11-12,14-16H,10H2,1-2H3;1-7,10-14H,8,17-18H2;1-9,11H,10H2/q;5*-1/b12-11+;;;;;/t17-,18+,19+,20-,21-,22+;10?,11?,12?,13-,14-;2*11-,12-,14?,15?,16?;10?,11?,12?,13-,14-;/m.1001./s1. The molecule has 8 bridgehead atoms. The summed E-state index contributed by atoms with van der Waals surface area (Å²) in [6, 6.07) is 46.5. The van der Waals surface area contributed by atoms with Crippen molar-refractivity contribution in [1.29, 1.82) is 0 Å². The van der Waals surface area contributed by atoms with Crippen LogP contribution >= 0.6 is 0 Å². The van der Waals surface area contributed by atoms with E-state index in [2.05, 4.69) is 118 Å². The Morgan fingerprint density at radius 1 is 0.344 bits per heavy atom. The van der Waals surface area contributed by atoms with Gasteiger partial charge in [0.2, 0.25) is 0 Å². The summed E-state index contributed by atoms with van der Waals surface area (Å²) in [4.78, 5) is 107.